The number of benzene rings is 2. The quantitative estimate of drug-likeness (QED) is 0.153. The zero-order valence-electron chi connectivity index (χ0n) is 21.4. The molecule has 0 fully saturated rings. The summed E-state index contributed by atoms with van der Waals surface area (Å²) in [6.07, 6.45) is 18.7. The highest BCUT2D eigenvalue weighted by Crippen LogP contribution is 2.19. The number of hydrogen-bond acceptors (Lipinski definition) is 4. The van der Waals surface area contributed by atoms with Crippen LogP contribution in [-0.4, -0.2) is 25.6 Å². The van der Waals surface area contributed by atoms with Gasteiger partial charge in [0, 0.05) is 12.4 Å². The van der Waals surface area contributed by atoms with Gasteiger partial charge >= 0.3 is 0 Å². The second kappa shape index (κ2) is 18.8. The van der Waals surface area contributed by atoms with Gasteiger partial charge in [-0.2, -0.15) is 0 Å². The lowest BCUT2D eigenvalue weighted by Gasteiger charge is -2.06. The minimum Gasteiger partial charge on any atom is -0.494 e. The SMILES string of the molecule is CCCCCCCCOc1ccc(N=CC=Nc2ccc(OCCCCCCCC)cc2)cc1. The monoisotopic (exact) mass is 464 g/mol. The van der Waals surface area contributed by atoms with Crippen LogP contribution in [0.4, 0.5) is 11.4 Å². The van der Waals surface area contributed by atoms with E-state index in [1.807, 2.05) is 48.5 Å². The molecule has 4 nitrogen and oxygen atoms in total. The van der Waals surface area contributed by atoms with Gasteiger partial charge in [-0.3, -0.25) is 9.98 Å². The molecule has 0 saturated carbocycles. The third kappa shape index (κ3) is 13.2. The largest absolute Gasteiger partial charge is 0.494 e. The number of unbranched alkanes of at least 4 members (excludes halogenated alkanes) is 10. The van der Waals surface area contributed by atoms with Crippen LogP contribution in [0.5, 0.6) is 11.5 Å². The Morgan fingerprint density at radius 3 is 1.24 bits per heavy atom. The van der Waals surface area contributed by atoms with E-state index in [9.17, 15) is 0 Å². The molecular weight excluding hydrogens is 420 g/mol. The van der Waals surface area contributed by atoms with Crippen molar-refractivity contribution in [2.45, 2.75) is 90.9 Å². The molecule has 0 spiro atoms. The lowest BCUT2D eigenvalue weighted by atomic mass is 10.1. The summed E-state index contributed by atoms with van der Waals surface area (Å²) in [6.45, 7) is 6.06. The first-order chi connectivity index (χ1) is 16.8. The summed E-state index contributed by atoms with van der Waals surface area (Å²) in [5.41, 5.74) is 1.77. The summed E-state index contributed by atoms with van der Waals surface area (Å²) in [4.78, 5) is 8.88. The molecule has 4 heteroatoms. The van der Waals surface area contributed by atoms with E-state index in [0.29, 0.717) is 0 Å². The van der Waals surface area contributed by atoms with Gasteiger partial charge < -0.3 is 9.47 Å². The predicted octanol–water partition coefficient (Wildman–Crippen LogP) is 9.27. The van der Waals surface area contributed by atoms with Gasteiger partial charge in [-0.1, -0.05) is 78.1 Å². The Morgan fingerprint density at radius 1 is 0.500 bits per heavy atom. The Labute approximate surface area is 207 Å². The molecule has 186 valence electrons. The summed E-state index contributed by atoms with van der Waals surface area (Å²) in [6, 6.07) is 15.8. The molecule has 0 aliphatic rings. The smallest absolute Gasteiger partial charge is 0.119 e. The van der Waals surface area contributed by atoms with E-state index in [1.54, 1.807) is 12.4 Å². The number of aliphatic imine (C=N–C) groups is 2. The van der Waals surface area contributed by atoms with Crippen molar-refractivity contribution in [1.29, 1.82) is 0 Å². The van der Waals surface area contributed by atoms with Crippen LogP contribution in [0, 0.1) is 0 Å². The van der Waals surface area contributed by atoms with Crippen molar-refractivity contribution in [1.82, 2.24) is 0 Å². The molecular formula is C30H44N2O2. The summed E-state index contributed by atoms with van der Waals surface area (Å²) >= 11 is 0. The summed E-state index contributed by atoms with van der Waals surface area (Å²) < 4.78 is 11.6. The number of rotatable bonds is 19. The van der Waals surface area contributed by atoms with Crippen LogP contribution in [0.15, 0.2) is 58.5 Å². The van der Waals surface area contributed by atoms with Gasteiger partial charge in [-0.25, -0.2) is 0 Å². The van der Waals surface area contributed by atoms with E-state index in [2.05, 4.69) is 23.8 Å². The summed E-state index contributed by atoms with van der Waals surface area (Å²) in [7, 11) is 0. The van der Waals surface area contributed by atoms with Crippen molar-refractivity contribution in [3.05, 3.63) is 48.5 Å². The maximum Gasteiger partial charge on any atom is 0.119 e. The minimum atomic E-state index is 0.782. The molecule has 0 heterocycles. The van der Waals surface area contributed by atoms with E-state index in [0.717, 1.165) is 48.9 Å². The fraction of sp³-hybridized carbons (Fsp3) is 0.533. The Morgan fingerprint density at radius 2 is 0.853 bits per heavy atom. The van der Waals surface area contributed by atoms with Crippen LogP contribution in [-0.2, 0) is 0 Å². The van der Waals surface area contributed by atoms with Crippen LogP contribution in [0.2, 0.25) is 0 Å². The Bertz CT molecular complexity index is 728. The van der Waals surface area contributed by atoms with Crippen molar-refractivity contribution in [2.75, 3.05) is 13.2 Å². The molecule has 34 heavy (non-hydrogen) atoms. The van der Waals surface area contributed by atoms with Crippen molar-refractivity contribution >= 4 is 23.8 Å². The van der Waals surface area contributed by atoms with Crippen LogP contribution in [0.3, 0.4) is 0 Å². The standard InChI is InChI=1S/C30H44N2O2/c1-3-5-7-9-11-13-25-33-29-19-15-27(16-20-29)31-23-24-32-28-17-21-30(22-18-28)34-26-14-12-10-8-6-4-2/h15-24H,3-14,25-26H2,1-2H3. The normalized spacial score (nSPS) is 11.5. The second-order valence-corrected chi connectivity index (χ2v) is 8.78. The number of ether oxygens (including phenoxy) is 2. The molecule has 0 unspecified atom stereocenters. The molecule has 0 N–H and O–H groups in total. The van der Waals surface area contributed by atoms with Gasteiger partial charge in [-0.05, 0) is 61.4 Å². The van der Waals surface area contributed by atoms with Crippen molar-refractivity contribution < 1.29 is 9.47 Å². The van der Waals surface area contributed by atoms with Gasteiger partial charge in [-0.15, -0.1) is 0 Å². The average molecular weight is 465 g/mol. The van der Waals surface area contributed by atoms with Gasteiger partial charge in [0.1, 0.15) is 11.5 Å². The minimum absolute atomic E-state index is 0.782. The van der Waals surface area contributed by atoms with E-state index < -0.39 is 0 Å². The van der Waals surface area contributed by atoms with Crippen LogP contribution < -0.4 is 9.47 Å². The van der Waals surface area contributed by atoms with Crippen LogP contribution >= 0.6 is 0 Å². The molecule has 0 radical (unpaired) electrons. The average Bonchev–Trinajstić information content (AvgIpc) is 2.87. The third-order valence-electron chi connectivity index (χ3n) is 5.72. The number of nitrogens with zero attached hydrogens (tertiary/aromatic N) is 2. The van der Waals surface area contributed by atoms with E-state index >= 15 is 0 Å². The Kier molecular flexibility index (Phi) is 15.2. The molecule has 0 atom stereocenters. The topological polar surface area (TPSA) is 43.2 Å². The van der Waals surface area contributed by atoms with Crippen molar-refractivity contribution in [3.8, 4) is 11.5 Å². The summed E-state index contributed by atoms with van der Waals surface area (Å²) in [5, 5.41) is 0. The molecule has 0 amide bonds. The fourth-order valence-electron chi connectivity index (χ4n) is 3.64. The van der Waals surface area contributed by atoms with Crippen molar-refractivity contribution in [3.63, 3.8) is 0 Å². The maximum absolute atomic E-state index is 5.82. The molecule has 2 aromatic carbocycles. The molecule has 2 aromatic rings. The zero-order chi connectivity index (χ0) is 24.1. The second-order valence-electron chi connectivity index (χ2n) is 8.78. The molecule has 0 saturated heterocycles. The zero-order valence-corrected chi connectivity index (χ0v) is 21.4. The Balaban J connectivity index is 1.62. The first kappa shape index (κ1) is 27.6. The van der Waals surface area contributed by atoms with Crippen LogP contribution in [0.1, 0.15) is 90.9 Å². The number of hydrogen-bond donors (Lipinski definition) is 0. The summed E-state index contributed by atoms with van der Waals surface area (Å²) in [5.74, 6) is 1.81. The van der Waals surface area contributed by atoms with Crippen LogP contribution in [0.25, 0.3) is 0 Å². The molecule has 0 aliphatic carbocycles. The lowest BCUT2D eigenvalue weighted by Crippen LogP contribution is -1.96. The van der Waals surface area contributed by atoms with Gasteiger partial charge in [0.2, 0.25) is 0 Å². The third-order valence-corrected chi connectivity index (χ3v) is 5.72. The molecule has 0 aromatic heterocycles. The Hall–Kier alpha value is -2.62. The van der Waals surface area contributed by atoms with E-state index in [4.69, 9.17) is 9.47 Å². The molecule has 0 aliphatic heterocycles. The van der Waals surface area contributed by atoms with Crippen molar-refractivity contribution in [2.24, 2.45) is 9.98 Å². The fourth-order valence-corrected chi connectivity index (χ4v) is 3.64. The highest BCUT2D eigenvalue weighted by Gasteiger charge is 1.97. The van der Waals surface area contributed by atoms with E-state index in [-0.39, 0.29) is 0 Å². The van der Waals surface area contributed by atoms with Gasteiger partial charge in [0.15, 0.2) is 0 Å². The van der Waals surface area contributed by atoms with Gasteiger partial charge in [0.25, 0.3) is 0 Å². The molecule has 2 rings (SSSR count). The highest BCUT2D eigenvalue weighted by molar-refractivity contribution is 6.17. The first-order valence-electron chi connectivity index (χ1n) is 13.3. The van der Waals surface area contributed by atoms with Gasteiger partial charge in [0.05, 0.1) is 24.6 Å². The lowest BCUT2D eigenvalue weighted by molar-refractivity contribution is 0.304. The first-order valence-corrected chi connectivity index (χ1v) is 13.3. The van der Waals surface area contributed by atoms with E-state index in [1.165, 1.54) is 64.2 Å². The predicted molar refractivity (Wildman–Crippen MR) is 147 cm³/mol. The highest BCUT2D eigenvalue weighted by atomic mass is 16.5. The maximum atomic E-state index is 5.82. The molecule has 0 bridgehead atoms.